The largest absolute Gasteiger partial charge is 0.383 e. The third kappa shape index (κ3) is 2.25. The van der Waals surface area contributed by atoms with Crippen LogP contribution in [0.1, 0.15) is 60.2 Å². The summed E-state index contributed by atoms with van der Waals surface area (Å²) in [7, 11) is 0. The summed E-state index contributed by atoms with van der Waals surface area (Å²) in [5.74, 6) is 1.07. The van der Waals surface area contributed by atoms with Crippen LogP contribution in [0.15, 0.2) is 37.4 Å². The first kappa shape index (κ1) is 14.6. The van der Waals surface area contributed by atoms with Gasteiger partial charge in [-0.3, -0.25) is 0 Å². The molecule has 0 spiro atoms. The summed E-state index contributed by atoms with van der Waals surface area (Å²) in [6.07, 6.45) is 0.808. The second-order valence-electron chi connectivity index (χ2n) is 6.42. The summed E-state index contributed by atoms with van der Waals surface area (Å²) in [5, 5.41) is 0. The minimum absolute atomic E-state index is 0.509. The number of nitrogens with two attached hydrogens (primary N) is 1. The number of hydrogen-bond acceptors (Lipinski definition) is 2. The molecule has 1 heterocycles. The summed E-state index contributed by atoms with van der Waals surface area (Å²) in [5.41, 5.74) is 14.9. The van der Waals surface area contributed by atoms with Crippen molar-refractivity contribution in [3.63, 3.8) is 0 Å². The molecular weight excluding hydrogens is 268 g/mol. The molecule has 112 valence electrons. The van der Waals surface area contributed by atoms with Gasteiger partial charge in [0.2, 0.25) is 0 Å². The quantitative estimate of drug-likeness (QED) is 0.737. The smallest absolute Gasteiger partial charge is 0.131 e. The van der Waals surface area contributed by atoms with Crippen LogP contribution in [0.2, 0.25) is 0 Å². The minimum Gasteiger partial charge on any atom is -0.383 e. The van der Waals surface area contributed by atoms with Crippen LogP contribution in [0.5, 0.6) is 0 Å². The van der Waals surface area contributed by atoms with Crippen molar-refractivity contribution in [2.75, 3.05) is 5.73 Å². The summed E-state index contributed by atoms with van der Waals surface area (Å²) < 4.78 is 0. The third-order valence-electron chi connectivity index (χ3n) is 4.40. The summed E-state index contributed by atoms with van der Waals surface area (Å²) in [6.45, 7) is 14.7. The number of pyridine rings is 1. The van der Waals surface area contributed by atoms with E-state index < -0.39 is 0 Å². The molecule has 0 amide bonds. The number of nitrogens with zero attached hydrogens (tertiary/aromatic N) is 1. The SMILES string of the molecule is C=C(C)c1cc2c(nc1N)Cc1ccc(C(C)C)cc1C2=C. The zero-order valence-electron chi connectivity index (χ0n) is 13.5. The van der Waals surface area contributed by atoms with Gasteiger partial charge < -0.3 is 5.73 Å². The van der Waals surface area contributed by atoms with Gasteiger partial charge in [-0.1, -0.05) is 45.2 Å². The van der Waals surface area contributed by atoms with Crippen LogP contribution in [-0.4, -0.2) is 4.98 Å². The van der Waals surface area contributed by atoms with Gasteiger partial charge in [0.15, 0.2) is 0 Å². The molecule has 0 fully saturated rings. The second kappa shape index (κ2) is 5.13. The van der Waals surface area contributed by atoms with E-state index in [-0.39, 0.29) is 0 Å². The fourth-order valence-corrected chi connectivity index (χ4v) is 3.02. The van der Waals surface area contributed by atoms with Gasteiger partial charge in [-0.15, -0.1) is 0 Å². The van der Waals surface area contributed by atoms with Gasteiger partial charge in [0.05, 0.1) is 5.69 Å². The van der Waals surface area contributed by atoms with Gasteiger partial charge in [0.25, 0.3) is 0 Å². The third-order valence-corrected chi connectivity index (χ3v) is 4.40. The van der Waals surface area contributed by atoms with E-state index in [0.717, 1.165) is 34.4 Å². The van der Waals surface area contributed by atoms with Gasteiger partial charge in [-0.25, -0.2) is 4.98 Å². The average Bonchev–Trinajstić information content (AvgIpc) is 2.46. The highest BCUT2D eigenvalue weighted by Gasteiger charge is 2.22. The lowest BCUT2D eigenvalue weighted by Gasteiger charge is -2.24. The van der Waals surface area contributed by atoms with Crippen molar-refractivity contribution >= 4 is 17.0 Å². The number of aromatic nitrogens is 1. The Bertz CT molecular complexity index is 798. The van der Waals surface area contributed by atoms with E-state index in [4.69, 9.17) is 5.73 Å². The molecule has 2 N–H and O–H groups in total. The molecule has 0 radical (unpaired) electrons. The number of anilines is 1. The molecular formula is C20H22N2. The Morgan fingerprint density at radius 3 is 2.59 bits per heavy atom. The van der Waals surface area contributed by atoms with Crippen LogP contribution >= 0.6 is 0 Å². The highest BCUT2D eigenvalue weighted by Crippen LogP contribution is 2.37. The first-order valence-corrected chi connectivity index (χ1v) is 7.66. The first-order valence-electron chi connectivity index (χ1n) is 7.66. The molecule has 3 rings (SSSR count). The van der Waals surface area contributed by atoms with E-state index in [2.05, 4.69) is 56.3 Å². The molecule has 2 aromatic rings. The van der Waals surface area contributed by atoms with Crippen LogP contribution in [0, 0.1) is 0 Å². The summed E-state index contributed by atoms with van der Waals surface area (Å²) in [4.78, 5) is 4.60. The molecule has 0 aliphatic heterocycles. The van der Waals surface area contributed by atoms with Gasteiger partial charge in [0, 0.05) is 17.5 Å². The number of rotatable bonds is 2. The highest BCUT2D eigenvalue weighted by molar-refractivity contribution is 5.86. The van der Waals surface area contributed by atoms with E-state index >= 15 is 0 Å². The summed E-state index contributed by atoms with van der Waals surface area (Å²) >= 11 is 0. The van der Waals surface area contributed by atoms with E-state index in [1.165, 1.54) is 16.7 Å². The predicted molar refractivity (Wildman–Crippen MR) is 94.8 cm³/mol. The Morgan fingerprint density at radius 1 is 1.23 bits per heavy atom. The van der Waals surface area contributed by atoms with Crippen molar-refractivity contribution in [2.45, 2.75) is 33.1 Å². The van der Waals surface area contributed by atoms with E-state index in [0.29, 0.717) is 11.7 Å². The lowest BCUT2D eigenvalue weighted by molar-refractivity contribution is 0.863. The first-order chi connectivity index (χ1) is 10.4. The maximum Gasteiger partial charge on any atom is 0.131 e. The van der Waals surface area contributed by atoms with Crippen molar-refractivity contribution in [3.05, 3.63) is 70.9 Å². The molecule has 2 heteroatoms. The van der Waals surface area contributed by atoms with Crippen LogP contribution in [-0.2, 0) is 6.42 Å². The monoisotopic (exact) mass is 290 g/mol. The minimum atomic E-state index is 0.509. The fourth-order valence-electron chi connectivity index (χ4n) is 3.02. The Hall–Kier alpha value is -2.35. The van der Waals surface area contributed by atoms with E-state index in [1.807, 2.05) is 6.92 Å². The number of nitrogen functional groups attached to an aromatic ring is 1. The second-order valence-corrected chi connectivity index (χ2v) is 6.42. The molecule has 2 nitrogen and oxygen atoms in total. The standard InChI is InChI=1S/C20H22N2/c1-11(2)14-6-7-15-9-19-18(13(5)17(15)8-14)10-16(12(3)4)20(21)22-19/h6-8,10-11H,3,5,9H2,1-2,4H3,(H2,21,22). The topological polar surface area (TPSA) is 38.9 Å². The van der Waals surface area contributed by atoms with Crippen molar-refractivity contribution in [2.24, 2.45) is 0 Å². The van der Waals surface area contributed by atoms with Crippen molar-refractivity contribution in [1.82, 2.24) is 4.98 Å². The van der Waals surface area contributed by atoms with Crippen molar-refractivity contribution < 1.29 is 0 Å². The maximum absolute atomic E-state index is 6.07. The Kier molecular flexibility index (Phi) is 3.40. The Balaban J connectivity index is 2.15. The van der Waals surface area contributed by atoms with Gasteiger partial charge in [0.1, 0.15) is 5.82 Å². The number of fused-ring (bicyclic) bond motifs is 2. The van der Waals surface area contributed by atoms with Crippen LogP contribution in [0.4, 0.5) is 5.82 Å². The normalized spacial score (nSPS) is 13.0. The van der Waals surface area contributed by atoms with Crippen LogP contribution < -0.4 is 5.73 Å². The maximum atomic E-state index is 6.07. The zero-order chi connectivity index (χ0) is 16.0. The fraction of sp³-hybridized carbons (Fsp3) is 0.250. The van der Waals surface area contributed by atoms with Crippen molar-refractivity contribution in [3.8, 4) is 0 Å². The summed E-state index contributed by atoms with van der Waals surface area (Å²) in [6, 6.07) is 8.76. The molecule has 0 saturated heterocycles. The molecule has 0 bridgehead atoms. The Morgan fingerprint density at radius 2 is 1.95 bits per heavy atom. The Labute approximate surface area is 132 Å². The highest BCUT2D eigenvalue weighted by atomic mass is 14.9. The molecule has 0 unspecified atom stereocenters. The molecule has 0 atom stereocenters. The average molecular weight is 290 g/mol. The molecule has 1 aromatic carbocycles. The lowest BCUT2D eigenvalue weighted by Crippen LogP contribution is -2.11. The molecule has 1 aliphatic carbocycles. The van der Waals surface area contributed by atoms with Gasteiger partial charge in [-0.2, -0.15) is 0 Å². The molecule has 0 saturated carbocycles. The number of benzene rings is 1. The lowest BCUT2D eigenvalue weighted by atomic mass is 9.82. The van der Waals surface area contributed by atoms with Gasteiger partial charge in [-0.05, 0) is 46.7 Å². The molecule has 22 heavy (non-hydrogen) atoms. The van der Waals surface area contributed by atoms with E-state index in [1.54, 1.807) is 0 Å². The zero-order valence-corrected chi connectivity index (χ0v) is 13.5. The van der Waals surface area contributed by atoms with Crippen molar-refractivity contribution in [1.29, 1.82) is 0 Å². The van der Waals surface area contributed by atoms with E-state index in [9.17, 15) is 0 Å². The molecule has 1 aliphatic rings. The number of hydrogen-bond donors (Lipinski definition) is 1. The van der Waals surface area contributed by atoms with Crippen LogP contribution in [0.25, 0.3) is 11.1 Å². The van der Waals surface area contributed by atoms with Crippen LogP contribution in [0.3, 0.4) is 0 Å². The predicted octanol–water partition coefficient (Wildman–Crippen LogP) is 4.79. The van der Waals surface area contributed by atoms with Gasteiger partial charge >= 0.3 is 0 Å². The molecule has 1 aromatic heterocycles. The number of allylic oxidation sites excluding steroid dienone is 1.